The van der Waals surface area contributed by atoms with Crippen molar-refractivity contribution in [2.24, 2.45) is 7.05 Å². The minimum absolute atomic E-state index is 0.274. The van der Waals surface area contributed by atoms with E-state index >= 15 is 0 Å². The normalized spacial score (nSPS) is 11.2. The van der Waals surface area contributed by atoms with Gasteiger partial charge in [0.05, 0.1) is 5.69 Å². The predicted molar refractivity (Wildman–Crippen MR) is 128 cm³/mol. The molecule has 4 aromatic heterocycles. The quantitative estimate of drug-likeness (QED) is 0.271. The van der Waals surface area contributed by atoms with Gasteiger partial charge in [-0.2, -0.15) is 5.10 Å². The summed E-state index contributed by atoms with van der Waals surface area (Å²) in [7, 11) is 1.93. The first kappa shape index (κ1) is 20.9. The second kappa shape index (κ2) is 8.90. The zero-order valence-electron chi connectivity index (χ0n) is 17.3. The Morgan fingerprint density at radius 2 is 2.03 bits per heavy atom. The number of ether oxygens (including phenoxy) is 1. The van der Waals surface area contributed by atoms with E-state index in [1.807, 2.05) is 48.3 Å². The molecule has 0 saturated carbocycles. The van der Waals surface area contributed by atoms with Crippen LogP contribution < -0.4 is 4.74 Å². The van der Waals surface area contributed by atoms with Crippen LogP contribution in [0.1, 0.15) is 11.3 Å². The van der Waals surface area contributed by atoms with Gasteiger partial charge in [-0.1, -0.05) is 35.5 Å². The molecule has 0 amide bonds. The highest BCUT2D eigenvalue weighted by atomic mass is 35.5. The van der Waals surface area contributed by atoms with Crippen molar-refractivity contribution in [3.05, 3.63) is 76.8 Å². The monoisotopic (exact) mass is 479 g/mol. The molecule has 32 heavy (non-hydrogen) atoms. The SMILES string of the molecule is Cc1cc(-c2ccnn2C)c2cccc(OCc3c(Sc4nccs4)ccnc3Cl)c2n1. The van der Waals surface area contributed by atoms with Crippen LogP contribution in [0.2, 0.25) is 5.15 Å². The van der Waals surface area contributed by atoms with Crippen molar-refractivity contribution in [1.82, 2.24) is 24.7 Å². The number of nitrogens with zero attached hydrogens (tertiary/aromatic N) is 5. The molecule has 0 saturated heterocycles. The summed E-state index contributed by atoms with van der Waals surface area (Å²) in [6.07, 6.45) is 5.28. The summed E-state index contributed by atoms with van der Waals surface area (Å²) in [5.41, 5.74) is 4.63. The number of halogens is 1. The van der Waals surface area contributed by atoms with Crippen LogP contribution in [0.4, 0.5) is 0 Å². The van der Waals surface area contributed by atoms with E-state index in [0.29, 0.717) is 10.9 Å². The molecular weight excluding hydrogens is 462 g/mol. The van der Waals surface area contributed by atoms with E-state index in [4.69, 9.17) is 21.3 Å². The molecule has 0 spiro atoms. The van der Waals surface area contributed by atoms with Crippen molar-refractivity contribution >= 4 is 45.6 Å². The van der Waals surface area contributed by atoms with Gasteiger partial charge in [0.1, 0.15) is 23.0 Å². The highest BCUT2D eigenvalue weighted by molar-refractivity contribution is 8.01. The molecule has 0 N–H and O–H groups in total. The van der Waals surface area contributed by atoms with E-state index in [2.05, 4.69) is 27.2 Å². The van der Waals surface area contributed by atoms with Crippen molar-refractivity contribution in [2.75, 3.05) is 0 Å². The molecule has 9 heteroatoms. The Morgan fingerprint density at radius 3 is 2.81 bits per heavy atom. The van der Waals surface area contributed by atoms with Gasteiger partial charge in [0, 0.05) is 58.1 Å². The van der Waals surface area contributed by atoms with Gasteiger partial charge in [-0.3, -0.25) is 4.68 Å². The minimum atomic E-state index is 0.274. The van der Waals surface area contributed by atoms with Crippen molar-refractivity contribution in [3.63, 3.8) is 0 Å². The molecule has 4 heterocycles. The summed E-state index contributed by atoms with van der Waals surface area (Å²) in [4.78, 5) is 14.3. The van der Waals surface area contributed by atoms with E-state index in [9.17, 15) is 0 Å². The lowest BCUT2D eigenvalue weighted by Gasteiger charge is -2.14. The number of benzene rings is 1. The van der Waals surface area contributed by atoms with Crippen molar-refractivity contribution < 1.29 is 4.74 Å². The molecule has 0 fully saturated rings. The van der Waals surface area contributed by atoms with Gasteiger partial charge in [0.25, 0.3) is 0 Å². The largest absolute Gasteiger partial charge is 0.486 e. The van der Waals surface area contributed by atoms with Crippen LogP contribution in [0.25, 0.3) is 22.2 Å². The molecule has 0 aliphatic rings. The Hall–Kier alpha value is -2.94. The molecule has 0 unspecified atom stereocenters. The van der Waals surface area contributed by atoms with E-state index < -0.39 is 0 Å². The predicted octanol–water partition coefficient (Wildman–Crippen LogP) is 6.18. The molecule has 0 aliphatic heterocycles. The fourth-order valence-electron chi connectivity index (χ4n) is 3.50. The smallest absolute Gasteiger partial charge is 0.154 e. The highest BCUT2D eigenvalue weighted by Gasteiger charge is 2.15. The summed E-state index contributed by atoms with van der Waals surface area (Å²) in [5, 5.41) is 7.69. The Kier molecular flexibility index (Phi) is 5.82. The zero-order chi connectivity index (χ0) is 22.1. The number of pyridine rings is 2. The maximum Gasteiger partial charge on any atom is 0.154 e. The average Bonchev–Trinajstić information content (AvgIpc) is 3.44. The fourth-order valence-corrected chi connectivity index (χ4v) is 5.46. The van der Waals surface area contributed by atoms with Crippen LogP contribution in [0.3, 0.4) is 0 Å². The highest BCUT2D eigenvalue weighted by Crippen LogP contribution is 2.36. The second-order valence-electron chi connectivity index (χ2n) is 7.07. The molecule has 1 aromatic carbocycles. The van der Waals surface area contributed by atoms with E-state index in [0.717, 1.165) is 42.7 Å². The average molecular weight is 480 g/mol. The number of fused-ring (bicyclic) bond motifs is 1. The third-order valence-electron chi connectivity index (χ3n) is 4.97. The van der Waals surface area contributed by atoms with Gasteiger partial charge in [0.15, 0.2) is 4.34 Å². The second-order valence-corrected chi connectivity index (χ2v) is 9.61. The maximum absolute atomic E-state index is 6.44. The molecule has 0 atom stereocenters. The van der Waals surface area contributed by atoms with E-state index in [1.165, 1.54) is 0 Å². The van der Waals surface area contributed by atoms with Crippen LogP contribution in [0.15, 0.2) is 69.6 Å². The van der Waals surface area contributed by atoms with Crippen molar-refractivity contribution in [1.29, 1.82) is 0 Å². The first-order valence-corrected chi connectivity index (χ1v) is 11.9. The van der Waals surface area contributed by atoms with Crippen LogP contribution >= 0.6 is 34.7 Å². The van der Waals surface area contributed by atoms with Crippen LogP contribution in [-0.2, 0) is 13.7 Å². The Labute approximate surface area is 198 Å². The number of aromatic nitrogens is 5. The van der Waals surface area contributed by atoms with Gasteiger partial charge < -0.3 is 4.74 Å². The summed E-state index contributed by atoms with van der Waals surface area (Å²) >= 11 is 9.58. The summed E-state index contributed by atoms with van der Waals surface area (Å²) in [5.74, 6) is 0.694. The summed E-state index contributed by atoms with van der Waals surface area (Å²) < 4.78 is 9.07. The molecule has 6 nitrogen and oxygen atoms in total. The molecule has 0 radical (unpaired) electrons. The summed E-state index contributed by atoms with van der Waals surface area (Å²) in [6.45, 7) is 2.26. The molecule has 5 aromatic rings. The topological polar surface area (TPSA) is 65.7 Å². The lowest BCUT2D eigenvalue weighted by atomic mass is 10.0. The minimum Gasteiger partial charge on any atom is -0.486 e. The van der Waals surface area contributed by atoms with Crippen molar-refractivity contribution in [3.8, 4) is 17.0 Å². The van der Waals surface area contributed by atoms with Gasteiger partial charge in [-0.15, -0.1) is 11.3 Å². The van der Waals surface area contributed by atoms with E-state index in [1.54, 1.807) is 41.7 Å². The van der Waals surface area contributed by atoms with Gasteiger partial charge in [0.2, 0.25) is 0 Å². The zero-order valence-corrected chi connectivity index (χ0v) is 19.7. The Bertz CT molecular complexity index is 1400. The fraction of sp³-hybridized carbons (Fsp3) is 0.130. The van der Waals surface area contributed by atoms with Crippen molar-refractivity contribution in [2.45, 2.75) is 22.8 Å². The summed E-state index contributed by atoms with van der Waals surface area (Å²) in [6, 6.07) is 12.0. The molecular formula is C23H18ClN5OS2. The third kappa shape index (κ3) is 4.09. The number of thiazole rings is 1. The number of rotatable bonds is 6. The number of hydrogen-bond acceptors (Lipinski definition) is 7. The van der Waals surface area contributed by atoms with E-state index in [-0.39, 0.29) is 6.61 Å². The van der Waals surface area contributed by atoms with Crippen LogP contribution in [-0.4, -0.2) is 24.7 Å². The lowest BCUT2D eigenvalue weighted by molar-refractivity contribution is 0.306. The first-order chi connectivity index (χ1) is 15.6. The Morgan fingerprint density at radius 1 is 1.12 bits per heavy atom. The molecule has 0 bridgehead atoms. The molecule has 0 aliphatic carbocycles. The number of aryl methyl sites for hydroxylation is 2. The maximum atomic E-state index is 6.44. The third-order valence-corrected chi connectivity index (χ3v) is 7.28. The number of para-hydroxylation sites is 1. The molecule has 5 rings (SSSR count). The lowest BCUT2D eigenvalue weighted by Crippen LogP contribution is -2.02. The first-order valence-electron chi connectivity index (χ1n) is 9.82. The molecule has 160 valence electrons. The number of hydrogen-bond donors (Lipinski definition) is 0. The Balaban J connectivity index is 1.51. The van der Waals surface area contributed by atoms with Crippen LogP contribution in [0.5, 0.6) is 5.75 Å². The van der Waals surface area contributed by atoms with Gasteiger partial charge in [-0.05, 0) is 31.2 Å². The van der Waals surface area contributed by atoms with Gasteiger partial charge in [-0.25, -0.2) is 15.0 Å². The standard InChI is InChI=1S/C23H18ClN5OS2/c1-14-12-16(18-6-9-27-29(18)2)15-4-3-5-19(21(15)28-14)30-13-17-20(7-8-25-22(17)24)32-23-26-10-11-31-23/h3-12H,13H2,1-2H3. The van der Waals surface area contributed by atoms with Crippen LogP contribution in [0, 0.1) is 6.92 Å². The van der Waals surface area contributed by atoms with Gasteiger partial charge >= 0.3 is 0 Å².